The number of hydrogen-bond acceptors (Lipinski definition) is 4. The Labute approximate surface area is 146 Å². The average molecular weight is 389 g/mol. The van der Waals surface area contributed by atoms with Crippen molar-refractivity contribution in [1.82, 2.24) is 10.3 Å². The van der Waals surface area contributed by atoms with E-state index >= 15 is 0 Å². The molecule has 0 saturated carbocycles. The number of nitrogens with one attached hydrogen (secondary N) is 1. The van der Waals surface area contributed by atoms with E-state index in [-0.39, 0.29) is 17.2 Å². The molecule has 0 aliphatic heterocycles. The Morgan fingerprint density at radius 3 is 2.78 bits per heavy atom. The third-order valence-corrected chi connectivity index (χ3v) is 4.57. The van der Waals surface area contributed by atoms with Gasteiger partial charge in [0.05, 0.1) is 17.8 Å². The topological polar surface area (TPSA) is 62.2 Å². The van der Waals surface area contributed by atoms with Crippen molar-refractivity contribution in [2.24, 2.45) is 0 Å². The summed E-state index contributed by atoms with van der Waals surface area (Å²) < 4.78 is 0.737. The van der Waals surface area contributed by atoms with Crippen molar-refractivity contribution in [2.75, 3.05) is 0 Å². The van der Waals surface area contributed by atoms with Gasteiger partial charge in [0.15, 0.2) is 0 Å². The largest absolute Gasteiger partial charge is 0.507 e. The fourth-order valence-corrected chi connectivity index (χ4v) is 3.18. The van der Waals surface area contributed by atoms with Gasteiger partial charge in [0.2, 0.25) is 0 Å². The zero-order chi connectivity index (χ0) is 16.2. The van der Waals surface area contributed by atoms with E-state index in [9.17, 15) is 9.90 Å². The number of benzene rings is 2. The van der Waals surface area contributed by atoms with E-state index < -0.39 is 0 Å². The average Bonchev–Trinajstić information content (AvgIpc) is 3.05. The molecule has 23 heavy (non-hydrogen) atoms. The lowest BCUT2D eigenvalue weighted by Gasteiger charge is -2.05. The molecule has 0 bridgehead atoms. The summed E-state index contributed by atoms with van der Waals surface area (Å²) in [6.45, 7) is 0.322. The Bertz CT molecular complexity index is 834. The van der Waals surface area contributed by atoms with E-state index in [0.717, 1.165) is 20.7 Å². The van der Waals surface area contributed by atoms with E-state index in [1.807, 2.05) is 35.7 Å². The molecule has 1 heterocycles. The minimum absolute atomic E-state index is 0.0465. The molecule has 3 aromatic rings. The fraction of sp³-hybridized carbons (Fsp3) is 0.0588. The van der Waals surface area contributed by atoms with E-state index in [2.05, 4.69) is 26.2 Å². The lowest BCUT2D eigenvalue weighted by atomic mass is 10.2. The highest BCUT2D eigenvalue weighted by atomic mass is 79.9. The number of nitrogens with zero attached hydrogens (tertiary/aromatic N) is 1. The van der Waals surface area contributed by atoms with Gasteiger partial charge in [-0.3, -0.25) is 4.79 Å². The summed E-state index contributed by atoms with van der Waals surface area (Å²) in [5.41, 5.74) is 2.18. The van der Waals surface area contributed by atoms with Crippen LogP contribution in [0.4, 0.5) is 0 Å². The van der Waals surface area contributed by atoms with Crippen LogP contribution in [0.15, 0.2) is 58.4 Å². The van der Waals surface area contributed by atoms with Crippen molar-refractivity contribution in [1.29, 1.82) is 0 Å². The number of phenolic OH excluding ortho intramolecular Hbond substituents is 1. The summed E-state index contributed by atoms with van der Waals surface area (Å²) in [6, 6.07) is 14.6. The number of aromatic nitrogens is 1. The number of halogens is 1. The molecule has 6 heteroatoms. The van der Waals surface area contributed by atoms with Gasteiger partial charge in [0.25, 0.3) is 5.91 Å². The summed E-state index contributed by atoms with van der Waals surface area (Å²) in [5.74, 6) is -0.380. The third kappa shape index (κ3) is 3.78. The standard InChI is InChI=1S/C17H13BrN2O2S/c18-12-6-7-15(21)13(8-12)17(22)19-9-16-20-14(10-23-16)11-4-2-1-3-5-11/h1-8,10,21H,9H2,(H,19,22). The first-order valence-electron chi connectivity index (χ1n) is 6.90. The number of carbonyl (C=O) groups excluding carboxylic acids is 1. The molecular formula is C17H13BrN2O2S. The van der Waals surface area contributed by atoms with Gasteiger partial charge in [-0.2, -0.15) is 0 Å². The molecule has 0 fully saturated rings. The summed E-state index contributed by atoms with van der Waals surface area (Å²) in [6.07, 6.45) is 0. The first kappa shape index (κ1) is 15.7. The zero-order valence-corrected chi connectivity index (χ0v) is 14.4. The molecule has 0 radical (unpaired) electrons. The summed E-state index contributed by atoms with van der Waals surface area (Å²) >= 11 is 4.78. The minimum Gasteiger partial charge on any atom is -0.507 e. The second kappa shape index (κ2) is 6.93. The Hall–Kier alpha value is -2.18. The number of hydrogen-bond donors (Lipinski definition) is 2. The van der Waals surface area contributed by atoms with Crippen LogP contribution in [0.3, 0.4) is 0 Å². The number of phenols is 1. The van der Waals surface area contributed by atoms with Crippen LogP contribution in [0.1, 0.15) is 15.4 Å². The fourth-order valence-electron chi connectivity index (χ4n) is 2.07. The van der Waals surface area contributed by atoms with Gasteiger partial charge < -0.3 is 10.4 Å². The number of rotatable bonds is 4. The van der Waals surface area contributed by atoms with Crippen LogP contribution in [0.25, 0.3) is 11.3 Å². The maximum Gasteiger partial charge on any atom is 0.255 e. The van der Waals surface area contributed by atoms with Crippen molar-refractivity contribution in [3.8, 4) is 17.0 Å². The highest BCUT2D eigenvalue weighted by molar-refractivity contribution is 9.10. The molecular weight excluding hydrogens is 376 g/mol. The molecule has 0 spiro atoms. The van der Waals surface area contributed by atoms with Crippen LogP contribution < -0.4 is 5.32 Å². The van der Waals surface area contributed by atoms with E-state index in [4.69, 9.17) is 0 Å². The van der Waals surface area contributed by atoms with Gasteiger partial charge in [-0.05, 0) is 18.2 Å². The van der Waals surface area contributed by atoms with Crippen LogP contribution >= 0.6 is 27.3 Å². The predicted octanol–water partition coefficient (Wildman–Crippen LogP) is 4.21. The Kier molecular flexibility index (Phi) is 4.73. The maximum atomic E-state index is 12.2. The third-order valence-electron chi connectivity index (χ3n) is 3.22. The van der Waals surface area contributed by atoms with Crippen molar-refractivity contribution in [3.05, 3.63) is 69.0 Å². The van der Waals surface area contributed by atoms with Crippen molar-refractivity contribution in [2.45, 2.75) is 6.54 Å². The first-order chi connectivity index (χ1) is 11.1. The molecule has 0 saturated heterocycles. The Morgan fingerprint density at radius 1 is 1.22 bits per heavy atom. The summed E-state index contributed by atoms with van der Waals surface area (Å²) in [4.78, 5) is 16.7. The van der Waals surface area contributed by atoms with Gasteiger partial charge in [0.1, 0.15) is 10.8 Å². The second-order valence-corrected chi connectivity index (χ2v) is 6.69. The van der Waals surface area contributed by atoms with E-state index in [0.29, 0.717) is 6.54 Å². The smallest absolute Gasteiger partial charge is 0.255 e. The number of carbonyl (C=O) groups is 1. The number of amides is 1. The molecule has 116 valence electrons. The molecule has 4 nitrogen and oxygen atoms in total. The van der Waals surface area contributed by atoms with Crippen LogP contribution in [0, 0.1) is 0 Å². The summed E-state index contributed by atoms with van der Waals surface area (Å²) in [5, 5.41) is 15.3. The monoisotopic (exact) mass is 388 g/mol. The zero-order valence-electron chi connectivity index (χ0n) is 12.0. The van der Waals surface area contributed by atoms with Crippen molar-refractivity contribution < 1.29 is 9.90 Å². The number of thiazole rings is 1. The molecule has 0 atom stereocenters. The SMILES string of the molecule is O=C(NCc1nc(-c2ccccc2)cs1)c1cc(Br)ccc1O. The predicted molar refractivity (Wildman–Crippen MR) is 94.5 cm³/mol. The highest BCUT2D eigenvalue weighted by Crippen LogP contribution is 2.23. The minimum atomic E-state index is -0.333. The van der Waals surface area contributed by atoms with Crippen LogP contribution in [-0.4, -0.2) is 16.0 Å². The maximum absolute atomic E-state index is 12.2. The van der Waals surface area contributed by atoms with Crippen LogP contribution in [-0.2, 0) is 6.54 Å². The first-order valence-corrected chi connectivity index (χ1v) is 8.57. The Morgan fingerprint density at radius 2 is 2.00 bits per heavy atom. The van der Waals surface area contributed by atoms with Gasteiger partial charge in [0, 0.05) is 15.4 Å². The number of aromatic hydroxyl groups is 1. The summed E-state index contributed by atoms with van der Waals surface area (Å²) in [7, 11) is 0. The molecule has 2 N–H and O–H groups in total. The van der Waals surface area contributed by atoms with E-state index in [1.54, 1.807) is 12.1 Å². The molecule has 0 aliphatic rings. The van der Waals surface area contributed by atoms with Crippen LogP contribution in [0.5, 0.6) is 5.75 Å². The van der Waals surface area contributed by atoms with Crippen LogP contribution in [0.2, 0.25) is 0 Å². The molecule has 2 aromatic carbocycles. The Balaban J connectivity index is 1.68. The quantitative estimate of drug-likeness (QED) is 0.703. The normalized spacial score (nSPS) is 10.5. The molecule has 0 unspecified atom stereocenters. The van der Waals surface area contributed by atoms with Crippen molar-refractivity contribution >= 4 is 33.2 Å². The van der Waals surface area contributed by atoms with Gasteiger partial charge in [-0.15, -0.1) is 11.3 Å². The van der Waals surface area contributed by atoms with Gasteiger partial charge in [-0.25, -0.2) is 4.98 Å². The highest BCUT2D eigenvalue weighted by Gasteiger charge is 2.12. The van der Waals surface area contributed by atoms with Gasteiger partial charge >= 0.3 is 0 Å². The molecule has 3 rings (SSSR count). The van der Waals surface area contributed by atoms with E-state index in [1.165, 1.54) is 17.4 Å². The lowest BCUT2D eigenvalue weighted by molar-refractivity contribution is 0.0948. The molecule has 1 amide bonds. The second-order valence-electron chi connectivity index (χ2n) is 4.84. The van der Waals surface area contributed by atoms with Gasteiger partial charge in [-0.1, -0.05) is 46.3 Å². The molecule has 1 aromatic heterocycles. The lowest BCUT2D eigenvalue weighted by Crippen LogP contribution is -2.22. The van der Waals surface area contributed by atoms with Crippen molar-refractivity contribution in [3.63, 3.8) is 0 Å². The molecule has 0 aliphatic carbocycles.